The van der Waals surface area contributed by atoms with Crippen LogP contribution >= 0.6 is 93.9 Å². The van der Waals surface area contributed by atoms with Crippen molar-refractivity contribution in [2.45, 2.75) is 0 Å². The number of hydrogen-bond acceptors (Lipinski definition) is 42. The topological polar surface area (TPSA) is 814 Å². The zero-order chi connectivity index (χ0) is 46.2. The molecule has 0 saturated carbocycles. The molecule has 0 atom stereocenters. The number of hydrogen-bond donors (Lipinski definition) is 0. The Morgan fingerprint density at radius 3 is 0.141 bits per heavy atom. The van der Waals surface area contributed by atoms with Crippen LogP contribution in [0.4, 0.5) is 0 Å². The van der Waals surface area contributed by atoms with E-state index in [4.69, 9.17) is 0 Å². The zero-order valence-corrected chi connectivity index (χ0v) is 105. The van der Waals surface area contributed by atoms with Crippen molar-refractivity contribution < 1.29 is 907 Å². The molecule has 0 saturated heterocycles. The first kappa shape index (κ1) is 201. The first-order chi connectivity index (χ1) is 22.2. The van der Waals surface area contributed by atoms with Gasteiger partial charge in [0, 0.05) is 0 Å². The maximum Gasteiger partial charge on any atom is 1.00 e. The van der Waals surface area contributed by atoms with Crippen LogP contribution in [0.3, 0.4) is 0 Å². The second-order valence-electron chi connectivity index (χ2n) is 5.86. The Morgan fingerprint density at radius 1 is 0.115 bits per heavy atom. The average molecular weight is 1600 g/mol. The maximum atomic E-state index is 9.32. The van der Waals surface area contributed by atoms with Crippen LogP contribution in [0.25, 0.3) is 0 Å². The Kier molecular flexibility index (Phi) is 255. The van der Waals surface area contributed by atoms with E-state index in [1.54, 1.807) is 0 Å². The van der Waals surface area contributed by atoms with E-state index >= 15 is 0 Å². The third kappa shape index (κ3) is 271. The molecule has 0 fully saturated rings. The standard InChI is InChI=1S/24Na.6H4O7P2/c;;;;;;;;;;;;;;;;;;;;;;;;6*1-8(2,3)7-9(4,5)6/h;;;;;;;;;;;;;;;;;;;;;;;;6*(H2,1,2,3)(H2,4,5,6)/q24*+1;;;;;;/p-24. The van der Waals surface area contributed by atoms with Gasteiger partial charge in [0.1, 0.15) is 0 Å². The maximum absolute atomic E-state index is 9.32. The average Bonchev–Trinajstić information content (AvgIpc) is 2.50. The summed E-state index contributed by atoms with van der Waals surface area (Å²) in [4.78, 5) is 224. The third-order valence-electron chi connectivity index (χ3n) is 1.20. The van der Waals surface area contributed by atoms with E-state index in [1.165, 1.54) is 0 Å². The largest absolute Gasteiger partial charge is 1.00 e. The molecule has 0 unspecified atom stereocenters. The van der Waals surface area contributed by atoms with Gasteiger partial charge in [0.2, 0.25) is 0 Å². The Hall–Kier alpha value is 25.6. The quantitative estimate of drug-likeness (QED) is 0.129. The molecule has 0 spiro atoms. The van der Waals surface area contributed by atoms with Crippen LogP contribution in [0, 0.1) is 0 Å². The van der Waals surface area contributed by atoms with Gasteiger partial charge in [0.25, 0.3) is 0 Å². The molecule has 0 bridgehead atoms. The Bertz CT molecular complexity index is 1280. The van der Waals surface area contributed by atoms with E-state index in [0.29, 0.717) is 0 Å². The fourth-order valence-corrected chi connectivity index (χ4v) is 6.61. The van der Waals surface area contributed by atoms with Gasteiger partial charge in [-0.05, 0) is 0 Å². The van der Waals surface area contributed by atoms with Crippen LogP contribution in [0.5, 0.6) is 0 Å². The fourth-order valence-electron chi connectivity index (χ4n) is 0.735. The fraction of sp³-hybridized carbons (Fsp3) is 0. The molecule has 0 aliphatic carbocycles. The monoisotopic (exact) mass is 1600 g/mol. The molecular weight excluding hydrogens is 1600 g/mol. The summed E-state index contributed by atoms with van der Waals surface area (Å²) in [6.07, 6.45) is 0. The molecule has 0 aromatic rings. The predicted molar refractivity (Wildman–Crippen MR) is 97.8 cm³/mol. The van der Waals surface area contributed by atoms with Crippen molar-refractivity contribution in [1.82, 2.24) is 0 Å². The van der Waals surface area contributed by atoms with Crippen molar-refractivity contribution in [3.05, 3.63) is 0 Å². The summed E-state index contributed by atoms with van der Waals surface area (Å²) in [5.74, 6) is 0. The van der Waals surface area contributed by atoms with E-state index in [0.717, 1.165) is 0 Å². The molecule has 78 heavy (non-hydrogen) atoms. The summed E-state index contributed by atoms with van der Waals surface area (Å²) in [5, 5.41) is 0. The minimum atomic E-state index is -5.68. The van der Waals surface area contributed by atoms with Gasteiger partial charge in [0.05, 0.1) is 93.9 Å². The Morgan fingerprint density at radius 2 is 0.141 bits per heavy atom. The summed E-state index contributed by atoms with van der Waals surface area (Å²) in [5.41, 5.74) is 0. The van der Waals surface area contributed by atoms with Gasteiger partial charge in [-0.25, -0.2) is 0 Å². The molecule has 0 amide bonds. The molecule has 0 aromatic heterocycles. The van der Waals surface area contributed by atoms with Crippen molar-refractivity contribution in [2.24, 2.45) is 0 Å². The minimum absolute atomic E-state index is 0. The number of rotatable bonds is 12. The molecule has 0 rings (SSSR count). The molecule has 0 N–H and O–H groups in total. The Labute approximate surface area is 974 Å². The van der Waals surface area contributed by atoms with Crippen molar-refractivity contribution in [1.29, 1.82) is 0 Å². The Balaban J connectivity index is -0.0000000119. The minimum Gasteiger partial charge on any atom is -0.790 e. The molecule has 0 heterocycles. The van der Waals surface area contributed by atoms with Crippen LogP contribution in [0.2, 0.25) is 0 Å². The van der Waals surface area contributed by atoms with E-state index < -0.39 is 93.9 Å². The second kappa shape index (κ2) is 98.6. The first-order valence-electron chi connectivity index (χ1n) is 8.76. The normalized spacial score (nSPS) is 9.54. The van der Waals surface area contributed by atoms with Crippen LogP contribution < -0.4 is 827 Å². The predicted octanol–water partition coefficient (Wildman–Crippen LogP) is -91.9. The van der Waals surface area contributed by atoms with Crippen LogP contribution in [-0.4, -0.2) is 0 Å². The summed E-state index contributed by atoms with van der Waals surface area (Å²) in [7, 11) is -68.1. The van der Waals surface area contributed by atoms with Gasteiger partial charge in [-0.1, -0.05) is 0 Å². The van der Waals surface area contributed by atoms with Crippen LogP contribution in [0.15, 0.2) is 0 Å². The summed E-state index contributed by atoms with van der Waals surface area (Å²) >= 11 is 0. The molecule has 78 heteroatoms. The van der Waals surface area contributed by atoms with Gasteiger partial charge in [-0.2, -0.15) is 0 Å². The van der Waals surface area contributed by atoms with Crippen molar-refractivity contribution >= 4 is 93.9 Å². The van der Waals surface area contributed by atoms with Gasteiger partial charge in [0.15, 0.2) is 0 Å². The molecular formula is Na24O42P12. The summed E-state index contributed by atoms with van der Waals surface area (Å²) in [6.45, 7) is 0. The summed E-state index contributed by atoms with van der Waals surface area (Å²) < 4.78 is 127. The van der Waals surface area contributed by atoms with Gasteiger partial charge in [-0.15, -0.1) is 0 Å². The van der Waals surface area contributed by atoms with Crippen molar-refractivity contribution in [3.63, 3.8) is 0 Å². The summed E-state index contributed by atoms with van der Waals surface area (Å²) in [6, 6.07) is 0. The van der Waals surface area contributed by atoms with E-state index in [9.17, 15) is 172 Å². The molecule has 0 aromatic carbocycles. The molecule has 42 nitrogen and oxygen atoms in total. The van der Waals surface area contributed by atoms with Gasteiger partial charge < -0.3 is 198 Å². The second-order valence-corrected chi connectivity index (χ2v) is 20.5. The third-order valence-corrected chi connectivity index (χ3v) is 10.8. The van der Waals surface area contributed by atoms with Crippen LogP contribution in [0.1, 0.15) is 0 Å². The van der Waals surface area contributed by atoms with Gasteiger partial charge >= 0.3 is 709 Å². The molecule has 336 valence electrons. The van der Waals surface area contributed by atoms with Crippen LogP contribution in [-0.2, 0) is 80.6 Å². The van der Waals surface area contributed by atoms with E-state index in [1.807, 2.05) is 0 Å². The molecule has 0 aliphatic rings. The van der Waals surface area contributed by atoms with Crippen molar-refractivity contribution in [3.8, 4) is 0 Å². The SMILES string of the molecule is O=P([O-])([O-])OP(=O)([O-])[O-].O=P([O-])([O-])OP(=O)([O-])[O-].O=P([O-])([O-])OP(=O)([O-])[O-].O=P([O-])([O-])OP(=O)([O-])[O-].O=P([O-])([O-])OP(=O)([O-])[O-].O=P([O-])([O-])OP(=O)([O-])[O-].[Na+].[Na+].[Na+].[Na+].[Na+].[Na+].[Na+].[Na+].[Na+].[Na+].[Na+].[Na+].[Na+].[Na+].[Na+].[Na+].[Na+].[Na+].[Na+].[Na+].[Na+].[Na+].[Na+].[Na+]. The van der Waals surface area contributed by atoms with E-state index in [-0.39, 0.29) is 709 Å². The first-order valence-corrected chi connectivity index (χ1v) is 26.3. The molecule has 0 radical (unpaired) electrons. The zero-order valence-electron chi connectivity index (χ0n) is 46.5. The van der Waals surface area contributed by atoms with E-state index in [2.05, 4.69) is 25.9 Å². The van der Waals surface area contributed by atoms with Crippen molar-refractivity contribution in [2.75, 3.05) is 0 Å². The smallest absolute Gasteiger partial charge is 0.790 e. The molecule has 0 aliphatic heterocycles. The van der Waals surface area contributed by atoms with Gasteiger partial charge in [-0.3, -0.25) is 0 Å². The number of phosphoric acid groups is 12.